The number of nitrogens with zero attached hydrogens (tertiary/aromatic N) is 4. The molecule has 0 saturated carbocycles. The van der Waals surface area contributed by atoms with Crippen LogP contribution in [0.15, 0.2) is 0 Å². The zero-order valence-electron chi connectivity index (χ0n) is 19.8. The molecule has 0 heterocycles. The molecule has 0 unspecified atom stereocenters. The van der Waals surface area contributed by atoms with E-state index in [1.54, 1.807) is 0 Å². The number of rotatable bonds is 16. The Kier molecular flexibility index (Phi) is 56.9. The summed E-state index contributed by atoms with van der Waals surface area (Å²) in [7, 11) is 0. The molecule has 0 fully saturated rings. The van der Waals surface area contributed by atoms with Crippen LogP contribution < -0.4 is 0 Å². The van der Waals surface area contributed by atoms with Crippen molar-refractivity contribution in [3.05, 3.63) is 21.3 Å². The Labute approximate surface area is 195 Å². The van der Waals surface area contributed by atoms with Crippen LogP contribution in [-0.2, 0) is 29.1 Å². The van der Waals surface area contributed by atoms with Crippen LogP contribution >= 0.6 is 0 Å². The molecule has 0 bridgehead atoms. The van der Waals surface area contributed by atoms with Crippen LogP contribution in [-0.4, -0.2) is 52.1 Å². The third kappa shape index (κ3) is 38.9. The normalized spacial score (nSPS) is 9.38. The van der Waals surface area contributed by atoms with E-state index in [0.29, 0.717) is 0 Å². The summed E-state index contributed by atoms with van der Waals surface area (Å²) in [5, 5.41) is 18.0. The van der Waals surface area contributed by atoms with Gasteiger partial charge in [-0.15, -0.1) is 0 Å². The van der Waals surface area contributed by atoms with Gasteiger partial charge in [0.15, 0.2) is 0 Å². The zero-order chi connectivity index (χ0) is 22.5. The van der Waals surface area contributed by atoms with E-state index in [0.717, 1.165) is 64.7 Å². The second kappa shape index (κ2) is 42.0. The van der Waals surface area contributed by atoms with Gasteiger partial charge in [-0.2, -0.15) is 26.2 Å². The Morgan fingerprint density at radius 3 is 0.828 bits per heavy atom. The summed E-state index contributed by atoms with van der Waals surface area (Å²) in [4.78, 5) is 15.5. The fourth-order valence-corrected chi connectivity index (χ4v) is 2.11. The molecule has 0 aliphatic rings. The summed E-state index contributed by atoms with van der Waals surface area (Å²) in [5.74, 6) is 0. The van der Waals surface area contributed by atoms with Crippen LogP contribution in [0.25, 0.3) is 21.3 Å². The molecule has 6 nitrogen and oxygen atoms in total. The van der Waals surface area contributed by atoms with Crippen molar-refractivity contribution in [2.24, 2.45) is 0 Å². The van der Waals surface area contributed by atoms with Gasteiger partial charge >= 0.3 is 19.5 Å². The van der Waals surface area contributed by atoms with E-state index in [2.05, 4.69) is 76.4 Å². The Balaban J connectivity index is -0.000000109. The second-order valence-corrected chi connectivity index (χ2v) is 6.16. The minimum Gasteiger partial charge on any atom is -0.678 e. The Morgan fingerprint density at radius 2 is 0.690 bits per heavy atom. The van der Waals surface area contributed by atoms with Crippen LogP contribution in [0.3, 0.4) is 0 Å². The van der Waals surface area contributed by atoms with E-state index in [9.17, 15) is 0 Å². The van der Waals surface area contributed by atoms with Crippen molar-refractivity contribution in [2.45, 2.75) is 105 Å². The van der Waals surface area contributed by atoms with Gasteiger partial charge in [0.25, 0.3) is 0 Å². The van der Waals surface area contributed by atoms with Crippen molar-refractivity contribution >= 4 is 13.6 Å². The van der Waals surface area contributed by atoms with E-state index >= 15 is 0 Å². The third-order valence-corrected chi connectivity index (χ3v) is 3.35. The molecule has 7 heteroatoms. The number of hydrogen-bond acceptors (Lipinski definition) is 2. The van der Waals surface area contributed by atoms with Crippen LogP contribution in [0.1, 0.15) is 92.9 Å². The van der Waals surface area contributed by atoms with Crippen molar-refractivity contribution < 1.29 is 29.1 Å². The minimum atomic E-state index is 0. The maximum atomic E-state index is 7.75. The maximum absolute atomic E-state index is 7.75. The predicted molar refractivity (Wildman–Crippen MR) is 125 cm³/mol. The first kappa shape index (κ1) is 39.3. The van der Waals surface area contributed by atoms with Gasteiger partial charge in [-0.05, 0) is 0 Å². The molecule has 0 amide bonds. The summed E-state index contributed by atoms with van der Waals surface area (Å²) >= 11 is 0. The smallest absolute Gasteiger partial charge is 0.678 e. The van der Waals surface area contributed by atoms with Gasteiger partial charge in [-0.3, -0.25) is 13.6 Å². The topological polar surface area (TPSA) is 90.5 Å². The van der Waals surface area contributed by atoms with Crippen molar-refractivity contribution in [1.82, 2.24) is 0 Å². The first-order valence-electron chi connectivity index (χ1n) is 10.8. The Morgan fingerprint density at radius 1 is 0.483 bits per heavy atom. The minimum absolute atomic E-state index is 0. The fourth-order valence-electron chi connectivity index (χ4n) is 2.11. The van der Waals surface area contributed by atoms with Crippen molar-refractivity contribution in [1.29, 1.82) is 0 Å². The average molecular weight is 500 g/mol. The molecule has 0 aliphatic heterocycles. The average Bonchev–Trinajstić information content (AvgIpc) is 2.75. The van der Waals surface area contributed by atoms with Crippen molar-refractivity contribution in [2.75, 3.05) is 26.2 Å². The summed E-state index contributed by atoms with van der Waals surface area (Å²) in [6.07, 6.45) is 9.76. The van der Waals surface area contributed by atoms with Crippen molar-refractivity contribution in [3.8, 4) is 0 Å². The molecule has 0 aromatic rings. The van der Waals surface area contributed by atoms with Crippen LogP contribution in [0.4, 0.5) is 0 Å². The standard InChI is InChI=1S/2C10H22N2.2CHO.Ru/c2*1-4-7-10(11-8-5-2)12-9-6-3;2*1-2;/h2*10H,4-9H2,1-3H3;2*1H;/q2*-2;2*-1;+6. The summed E-state index contributed by atoms with van der Waals surface area (Å²) < 4.78 is 0. The molecule has 0 spiro atoms. The van der Waals surface area contributed by atoms with E-state index < -0.39 is 0 Å². The summed E-state index contributed by atoms with van der Waals surface area (Å²) in [6.45, 7) is 23.4. The maximum Gasteiger partial charge on any atom is 6.00 e. The molecule has 0 aromatic heterocycles. The van der Waals surface area contributed by atoms with Crippen molar-refractivity contribution in [3.63, 3.8) is 0 Å². The molecule has 0 aromatic carbocycles. The molecule has 0 radical (unpaired) electrons. The zero-order valence-corrected chi connectivity index (χ0v) is 21.5. The van der Waals surface area contributed by atoms with Crippen LogP contribution in [0, 0.1) is 0 Å². The fraction of sp³-hybridized carbons (Fsp3) is 0.909. The van der Waals surface area contributed by atoms with E-state index in [1.165, 1.54) is 12.8 Å². The van der Waals surface area contributed by atoms with Gasteiger partial charge in [-0.25, -0.2) is 12.3 Å². The number of carbonyl (C=O) groups excluding carboxylic acids is 2. The SMILES string of the molecule is CCC[N-]C(CCC)[N-]CCC.CCC[N-]C(CCC)[N-]CCC.[CH-]=O.[CH-]=O.[Ru+6]. The van der Waals surface area contributed by atoms with Gasteiger partial charge in [0, 0.05) is 0 Å². The summed E-state index contributed by atoms with van der Waals surface area (Å²) in [5.41, 5.74) is 0. The van der Waals surface area contributed by atoms with Crippen LogP contribution in [0.5, 0.6) is 0 Å². The Bertz CT molecular complexity index is 213. The molecule has 0 rings (SSSR count). The molecule has 0 N–H and O–H groups in total. The second-order valence-electron chi connectivity index (χ2n) is 6.16. The van der Waals surface area contributed by atoms with E-state index in [1.807, 2.05) is 0 Å². The van der Waals surface area contributed by atoms with Gasteiger partial charge in [-0.1, -0.05) is 92.9 Å². The first-order chi connectivity index (χ1) is 13.7. The Hall–Kier alpha value is -0.197. The molecule has 0 atom stereocenters. The molecular weight excluding hydrogens is 453 g/mol. The molecule has 0 aliphatic carbocycles. The van der Waals surface area contributed by atoms with Gasteiger partial charge in [0.1, 0.15) is 0 Å². The van der Waals surface area contributed by atoms with E-state index in [4.69, 9.17) is 9.59 Å². The predicted octanol–water partition coefficient (Wildman–Crippen LogP) is 6.81. The number of hydrogen-bond donors (Lipinski definition) is 0. The third-order valence-electron chi connectivity index (χ3n) is 3.35. The van der Waals surface area contributed by atoms with Gasteiger partial charge in [0.05, 0.1) is 0 Å². The quantitative estimate of drug-likeness (QED) is 0.133. The van der Waals surface area contributed by atoms with Gasteiger partial charge < -0.3 is 30.9 Å². The molecular formula is C22H46N4O2Ru. The van der Waals surface area contributed by atoms with Gasteiger partial charge in [0.2, 0.25) is 0 Å². The summed E-state index contributed by atoms with van der Waals surface area (Å²) in [6, 6.07) is 0. The van der Waals surface area contributed by atoms with E-state index in [-0.39, 0.29) is 31.8 Å². The molecule has 29 heavy (non-hydrogen) atoms. The monoisotopic (exact) mass is 500 g/mol. The van der Waals surface area contributed by atoms with Crippen LogP contribution in [0.2, 0.25) is 0 Å². The first-order valence-corrected chi connectivity index (χ1v) is 10.8. The molecule has 0 saturated heterocycles. The molecule has 174 valence electrons. The largest absolute Gasteiger partial charge is 6.00 e.